The summed E-state index contributed by atoms with van der Waals surface area (Å²) in [6.45, 7) is 10.2. The molecule has 114 valence electrons. The van der Waals surface area contributed by atoms with Gasteiger partial charge in [-0.05, 0) is 38.1 Å². The zero-order chi connectivity index (χ0) is 14.5. The zero-order valence-electron chi connectivity index (χ0n) is 13.6. The molecule has 0 spiro atoms. The van der Waals surface area contributed by atoms with Crippen molar-refractivity contribution in [1.82, 2.24) is 14.9 Å². The van der Waals surface area contributed by atoms with Crippen molar-refractivity contribution < 1.29 is 0 Å². The Hall–Kier alpha value is -0.830. The number of nitrogens with zero attached hydrogens (tertiary/aromatic N) is 2. The van der Waals surface area contributed by atoms with Crippen LogP contribution in [0.3, 0.4) is 0 Å². The molecule has 2 rings (SSSR count). The standard InChI is InChI=1S/C17H31N3/c1-5-9-18-15-8-7-14(6-2)12-16(15)20-11-10-19-17(20)13(3)4/h10-11,13-16,18H,5-9,12H2,1-4H3. The van der Waals surface area contributed by atoms with Crippen molar-refractivity contribution in [3.8, 4) is 0 Å². The van der Waals surface area contributed by atoms with Crippen LogP contribution in [0.2, 0.25) is 0 Å². The van der Waals surface area contributed by atoms with Gasteiger partial charge < -0.3 is 9.88 Å². The van der Waals surface area contributed by atoms with Gasteiger partial charge in [0, 0.05) is 24.4 Å². The van der Waals surface area contributed by atoms with Gasteiger partial charge in [0.05, 0.1) is 6.04 Å². The number of nitrogens with one attached hydrogen (secondary N) is 1. The number of rotatable bonds is 6. The van der Waals surface area contributed by atoms with Crippen LogP contribution in [0, 0.1) is 5.92 Å². The highest BCUT2D eigenvalue weighted by atomic mass is 15.1. The molecule has 1 aromatic rings. The fraction of sp³-hybridized carbons (Fsp3) is 0.824. The minimum Gasteiger partial charge on any atom is -0.330 e. The molecule has 0 saturated heterocycles. The number of imidazole rings is 1. The van der Waals surface area contributed by atoms with E-state index in [4.69, 9.17) is 0 Å². The van der Waals surface area contributed by atoms with Gasteiger partial charge in [-0.25, -0.2) is 4.98 Å². The number of aromatic nitrogens is 2. The Morgan fingerprint density at radius 3 is 2.80 bits per heavy atom. The average molecular weight is 277 g/mol. The summed E-state index contributed by atoms with van der Waals surface area (Å²) in [7, 11) is 0. The van der Waals surface area contributed by atoms with Crippen LogP contribution in [-0.2, 0) is 0 Å². The Morgan fingerprint density at radius 2 is 2.15 bits per heavy atom. The first kappa shape index (κ1) is 15.6. The zero-order valence-corrected chi connectivity index (χ0v) is 13.6. The molecular weight excluding hydrogens is 246 g/mol. The largest absolute Gasteiger partial charge is 0.330 e. The van der Waals surface area contributed by atoms with E-state index < -0.39 is 0 Å². The van der Waals surface area contributed by atoms with Crippen LogP contribution < -0.4 is 5.32 Å². The molecule has 1 N–H and O–H groups in total. The van der Waals surface area contributed by atoms with Crippen LogP contribution in [0.4, 0.5) is 0 Å². The molecule has 1 aliphatic rings. The second-order valence-corrected chi connectivity index (χ2v) is 6.56. The van der Waals surface area contributed by atoms with Crippen molar-refractivity contribution >= 4 is 0 Å². The van der Waals surface area contributed by atoms with Gasteiger partial charge in [0.15, 0.2) is 0 Å². The molecule has 1 aliphatic carbocycles. The first-order valence-electron chi connectivity index (χ1n) is 8.43. The lowest BCUT2D eigenvalue weighted by Gasteiger charge is -2.38. The number of hydrogen-bond acceptors (Lipinski definition) is 2. The molecule has 1 saturated carbocycles. The Labute approximate surface area is 124 Å². The maximum atomic E-state index is 4.59. The van der Waals surface area contributed by atoms with E-state index in [0.717, 1.165) is 12.5 Å². The summed E-state index contributed by atoms with van der Waals surface area (Å²) in [6, 6.07) is 1.20. The lowest BCUT2D eigenvalue weighted by molar-refractivity contribution is 0.198. The van der Waals surface area contributed by atoms with E-state index in [1.165, 1.54) is 37.9 Å². The maximum Gasteiger partial charge on any atom is 0.111 e. The van der Waals surface area contributed by atoms with E-state index in [1.54, 1.807) is 0 Å². The highest BCUT2D eigenvalue weighted by Gasteiger charge is 2.31. The molecule has 1 aromatic heterocycles. The molecule has 0 aliphatic heterocycles. The molecule has 20 heavy (non-hydrogen) atoms. The first-order valence-corrected chi connectivity index (χ1v) is 8.43. The van der Waals surface area contributed by atoms with Crippen molar-refractivity contribution in [2.45, 2.75) is 77.8 Å². The maximum absolute atomic E-state index is 4.59. The van der Waals surface area contributed by atoms with Gasteiger partial charge in [0.2, 0.25) is 0 Å². The van der Waals surface area contributed by atoms with E-state index in [0.29, 0.717) is 18.0 Å². The fourth-order valence-electron chi connectivity index (χ4n) is 3.53. The normalized spacial score (nSPS) is 27.1. The SMILES string of the molecule is CCCNC1CCC(CC)CC1n1ccnc1C(C)C. The lowest BCUT2D eigenvalue weighted by Crippen LogP contribution is -2.42. The van der Waals surface area contributed by atoms with Crippen molar-refractivity contribution in [3.63, 3.8) is 0 Å². The fourth-order valence-corrected chi connectivity index (χ4v) is 3.53. The Balaban J connectivity index is 2.19. The Bertz CT molecular complexity index is 397. The molecule has 3 heteroatoms. The van der Waals surface area contributed by atoms with E-state index in [-0.39, 0.29) is 0 Å². The first-order chi connectivity index (χ1) is 9.67. The van der Waals surface area contributed by atoms with Crippen LogP contribution in [0.5, 0.6) is 0 Å². The smallest absolute Gasteiger partial charge is 0.111 e. The average Bonchev–Trinajstić information content (AvgIpc) is 2.94. The Kier molecular flexibility index (Phi) is 5.64. The van der Waals surface area contributed by atoms with E-state index in [1.807, 2.05) is 6.20 Å². The molecule has 0 bridgehead atoms. The monoisotopic (exact) mass is 277 g/mol. The van der Waals surface area contributed by atoms with Crippen molar-refractivity contribution in [2.24, 2.45) is 5.92 Å². The van der Waals surface area contributed by atoms with Crippen molar-refractivity contribution in [1.29, 1.82) is 0 Å². The van der Waals surface area contributed by atoms with Crippen LogP contribution >= 0.6 is 0 Å². The minimum absolute atomic E-state index is 0.499. The molecule has 1 fully saturated rings. The molecule has 0 aromatic carbocycles. The van der Waals surface area contributed by atoms with Gasteiger partial charge in [-0.1, -0.05) is 34.1 Å². The summed E-state index contributed by atoms with van der Waals surface area (Å²) in [5, 5.41) is 3.77. The molecule has 1 heterocycles. The lowest BCUT2D eigenvalue weighted by atomic mass is 9.80. The summed E-state index contributed by atoms with van der Waals surface area (Å²) >= 11 is 0. The molecule has 0 radical (unpaired) electrons. The van der Waals surface area contributed by atoms with Crippen LogP contribution in [0.1, 0.15) is 77.6 Å². The molecule has 0 amide bonds. The predicted octanol–water partition coefficient (Wildman–Crippen LogP) is 4.13. The summed E-state index contributed by atoms with van der Waals surface area (Å²) in [6.07, 6.45) is 10.7. The third-order valence-electron chi connectivity index (χ3n) is 4.73. The van der Waals surface area contributed by atoms with Gasteiger partial charge in [-0.3, -0.25) is 0 Å². The van der Waals surface area contributed by atoms with E-state index in [9.17, 15) is 0 Å². The third kappa shape index (κ3) is 3.43. The van der Waals surface area contributed by atoms with Gasteiger partial charge in [0.25, 0.3) is 0 Å². The van der Waals surface area contributed by atoms with Gasteiger partial charge >= 0.3 is 0 Å². The second kappa shape index (κ2) is 7.26. The van der Waals surface area contributed by atoms with E-state index >= 15 is 0 Å². The highest BCUT2D eigenvalue weighted by Crippen LogP contribution is 2.36. The third-order valence-corrected chi connectivity index (χ3v) is 4.73. The van der Waals surface area contributed by atoms with Crippen LogP contribution in [0.25, 0.3) is 0 Å². The molecule has 3 unspecified atom stereocenters. The minimum atomic E-state index is 0.499. The van der Waals surface area contributed by atoms with Crippen LogP contribution in [-0.4, -0.2) is 22.1 Å². The van der Waals surface area contributed by atoms with Gasteiger partial charge in [-0.15, -0.1) is 0 Å². The van der Waals surface area contributed by atoms with E-state index in [2.05, 4.69) is 48.8 Å². The second-order valence-electron chi connectivity index (χ2n) is 6.56. The van der Waals surface area contributed by atoms with Crippen molar-refractivity contribution in [3.05, 3.63) is 18.2 Å². The van der Waals surface area contributed by atoms with Gasteiger partial charge in [-0.2, -0.15) is 0 Å². The molecule has 3 nitrogen and oxygen atoms in total. The quantitative estimate of drug-likeness (QED) is 0.847. The summed E-state index contributed by atoms with van der Waals surface area (Å²) in [5.74, 6) is 2.62. The van der Waals surface area contributed by atoms with Gasteiger partial charge in [0.1, 0.15) is 5.82 Å². The van der Waals surface area contributed by atoms with Crippen molar-refractivity contribution in [2.75, 3.05) is 6.54 Å². The summed E-state index contributed by atoms with van der Waals surface area (Å²) in [5.41, 5.74) is 0. The number of hydrogen-bond donors (Lipinski definition) is 1. The molecule has 3 atom stereocenters. The highest BCUT2D eigenvalue weighted by molar-refractivity contribution is 5.03. The summed E-state index contributed by atoms with van der Waals surface area (Å²) in [4.78, 5) is 4.59. The topological polar surface area (TPSA) is 29.9 Å². The predicted molar refractivity (Wildman–Crippen MR) is 85.1 cm³/mol. The van der Waals surface area contributed by atoms with Crippen LogP contribution in [0.15, 0.2) is 12.4 Å². The summed E-state index contributed by atoms with van der Waals surface area (Å²) < 4.78 is 2.46. The molecular formula is C17H31N3. The Morgan fingerprint density at radius 1 is 1.35 bits per heavy atom.